The molecule has 18 heavy (non-hydrogen) atoms. The summed E-state index contributed by atoms with van der Waals surface area (Å²) in [6.45, 7) is 0. The highest BCUT2D eigenvalue weighted by molar-refractivity contribution is 6.99. The molecule has 2 aromatic heterocycles. The van der Waals surface area contributed by atoms with Gasteiger partial charge in [0, 0.05) is 25.1 Å². The smallest absolute Gasteiger partial charge is 0.163 e. The predicted octanol–water partition coefficient (Wildman–Crippen LogP) is 2.72. The second-order valence-electron chi connectivity index (χ2n) is 3.97. The van der Waals surface area contributed by atoms with Crippen molar-refractivity contribution in [2.45, 2.75) is 6.42 Å². The molecule has 4 nitrogen and oxygen atoms in total. The Bertz CT molecular complexity index is 672. The van der Waals surface area contributed by atoms with Crippen LogP contribution >= 0.6 is 11.7 Å². The molecule has 0 atom stereocenters. The van der Waals surface area contributed by atoms with Crippen LogP contribution in [0.2, 0.25) is 0 Å². The minimum Gasteiger partial charge on any atom is -0.371 e. The highest BCUT2D eigenvalue weighted by Gasteiger charge is 2.09. The maximum Gasteiger partial charge on any atom is 0.163 e. The number of anilines is 1. The summed E-state index contributed by atoms with van der Waals surface area (Å²) in [5, 5.41) is 4.24. The van der Waals surface area contributed by atoms with Gasteiger partial charge in [-0.2, -0.15) is 8.75 Å². The Labute approximate surface area is 109 Å². The standard InChI is InChI=1S/C13H12N4S/c1-14-13-12(16-18-17-13)8-9-6-7-15-11-5-3-2-4-10(9)11/h2-7H,8H2,1H3,(H,14,17). The predicted molar refractivity (Wildman–Crippen MR) is 74.0 cm³/mol. The van der Waals surface area contributed by atoms with Crippen molar-refractivity contribution in [1.29, 1.82) is 0 Å². The summed E-state index contributed by atoms with van der Waals surface area (Å²) in [5.41, 5.74) is 3.23. The summed E-state index contributed by atoms with van der Waals surface area (Å²) < 4.78 is 8.55. The normalized spacial score (nSPS) is 10.7. The van der Waals surface area contributed by atoms with Crippen LogP contribution in [0.3, 0.4) is 0 Å². The van der Waals surface area contributed by atoms with Crippen LogP contribution < -0.4 is 5.32 Å². The Morgan fingerprint density at radius 2 is 2.06 bits per heavy atom. The van der Waals surface area contributed by atoms with Gasteiger partial charge in [-0.25, -0.2) is 0 Å². The van der Waals surface area contributed by atoms with Gasteiger partial charge >= 0.3 is 0 Å². The summed E-state index contributed by atoms with van der Waals surface area (Å²) in [4.78, 5) is 4.36. The van der Waals surface area contributed by atoms with Crippen molar-refractivity contribution in [3.8, 4) is 0 Å². The van der Waals surface area contributed by atoms with E-state index in [-0.39, 0.29) is 0 Å². The Hall–Kier alpha value is -2.01. The molecule has 0 aliphatic carbocycles. The van der Waals surface area contributed by atoms with Gasteiger partial charge in [-0.05, 0) is 17.7 Å². The summed E-state index contributed by atoms with van der Waals surface area (Å²) in [5.74, 6) is 0.862. The summed E-state index contributed by atoms with van der Waals surface area (Å²) in [7, 11) is 1.87. The number of benzene rings is 1. The van der Waals surface area contributed by atoms with Crippen molar-refractivity contribution < 1.29 is 0 Å². The number of para-hydroxylation sites is 1. The Balaban J connectivity index is 2.05. The van der Waals surface area contributed by atoms with Crippen molar-refractivity contribution in [3.05, 3.63) is 47.8 Å². The largest absolute Gasteiger partial charge is 0.371 e. The van der Waals surface area contributed by atoms with Crippen molar-refractivity contribution in [1.82, 2.24) is 13.7 Å². The van der Waals surface area contributed by atoms with Gasteiger partial charge in [0.2, 0.25) is 0 Å². The number of hydrogen-bond acceptors (Lipinski definition) is 5. The maximum atomic E-state index is 4.36. The van der Waals surface area contributed by atoms with Gasteiger partial charge in [0.05, 0.1) is 17.2 Å². The van der Waals surface area contributed by atoms with Crippen molar-refractivity contribution >= 4 is 28.4 Å². The fraction of sp³-hybridized carbons (Fsp3) is 0.154. The van der Waals surface area contributed by atoms with Gasteiger partial charge in [0.1, 0.15) is 5.69 Å². The highest BCUT2D eigenvalue weighted by Crippen LogP contribution is 2.22. The monoisotopic (exact) mass is 256 g/mol. The molecule has 0 fully saturated rings. The fourth-order valence-electron chi connectivity index (χ4n) is 2.00. The Kier molecular flexibility index (Phi) is 2.90. The van der Waals surface area contributed by atoms with E-state index in [9.17, 15) is 0 Å². The number of rotatable bonds is 3. The number of pyridine rings is 1. The van der Waals surface area contributed by atoms with Crippen molar-refractivity contribution in [2.75, 3.05) is 12.4 Å². The fourth-order valence-corrected chi connectivity index (χ4v) is 2.57. The second kappa shape index (κ2) is 4.70. The van der Waals surface area contributed by atoms with E-state index in [4.69, 9.17) is 0 Å². The molecule has 3 rings (SSSR count). The average molecular weight is 256 g/mol. The molecular weight excluding hydrogens is 244 g/mol. The number of hydrogen-bond donors (Lipinski definition) is 1. The first-order chi connectivity index (χ1) is 8.88. The van der Waals surface area contributed by atoms with Crippen molar-refractivity contribution in [3.63, 3.8) is 0 Å². The minimum absolute atomic E-state index is 0.774. The molecule has 0 unspecified atom stereocenters. The Morgan fingerprint density at radius 1 is 1.17 bits per heavy atom. The first kappa shape index (κ1) is 11.1. The molecule has 0 bridgehead atoms. The third-order valence-corrected chi connectivity index (χ3v) is 3.46. The van der Waals surface area contributed by atoms with Crippen LogP contribution in [0.1, 0.15) is 11.3 Å². The van der Waals surface area contributed by atoms with Gasteiger partial charge in [0.15, 0.2) is 5.82 Å². The third kappa shape index (κ3) is 1.93. The molecule has 3 aromatic rings. The van der Waals surface area contributed by atoms with Crippen LogP contribution in [-0.2, 0) is 6.42 Å². The van der Waals surface area contributed by atoms with Crippen LogP contribution in [0, 0.1) is 0 Å². The van der Waals surface area contributed by atoms with Crippen LogP contribution in [0.15, 0.2) is 36.5 Å². The third-order valence-electron chi connectivity index (χ3n) is 2.89. The van der Waals surface area contributed by atoms with E-state index in [0.717, 1.165) is 23.4 Å². The van der Waals surface area contributed by atoms with E-state index < -0.39 is 0 Å². The molecule has 0 saturated heterocycles. The highest BCUT2D eigenvalue weighted by atomic mass is 32.1. The second-order valence-corrected chi connectivity index (χ2v) is 4.50. The molecule has 2 heterocycles. The molecule has 0 aliphatic rings. The first-order valence-corrected chi connectivity index (χ1v) is 6.43. The van der Waals surface area contributed by atoms with Gasteiger partial charge in [0.25, 0.3) is 0 Å². The summed E-state index contributed by atoms with van der Waals surface area (Å²) in [6.07, 6.45) is 2.62. The lowest BCUT2D eigenvalue weighted by Crippen LogP contribution is -1.97. The van der Waals surface area contributed by atoms with E-state index in [1.54, 1.807) is 0 Å². The molecule has 1 aromatic carbocycles. The lowest BCUT2D eigenvalue weighted by Gasteiger charge is -2.05. The van der Waals surface area contributed by atoms with E-state index in [1.165, 1.54) is 22.7 Å². The van der Waals surface area contributed by atoms with Gasteiger partial charge in [-0.1, -0.05) is 18.2 Å². The van der Waals surface area contributed by atoms with Crippen LogP contribution in [0.5, 0.6) is 0 Å². The van der Waals surface area contributed by atoms with E-state index in [2.05, 4.69) is 25.1 Å². The van der Waals surface area contributed by atoms with Crippen LogP contribution in [0.25, 0.3) is 10.9 Å². The maximum absolute atomic E-state index is 4.36. The number of aromatic nitrogens is 3. The molecule has 0 aliphatic heterocycles. The average Bonchev–Trinajstić information content (AvgIpc) is 2.86. The van der Waals surface area contributed by atoms with Crippen LogP contribution in [-0.4, -0.2) is 20.8 Å². The summed E-state index contributed by atoms with van der Waals surface area (Å²) >= 11 is 1.24. The van der Waals surface area contributed by atoms with Gasteiger partial charge in [-0.3, -0.25) is 4.98 Å². The molecule has 0 radical (unpaired) electrons. The zero-order chi connectivity index (χ0) is 12.4. The molecule has 5 heteroatoms. The lowest BCUT2D eigenvalue weighted by molar-refractivity contribution is 1.13. The molecule has 0 amide bonds. The van der Waals surface area contributed by atoms with Crippen molar-refractivity contribution in [2.24, 2.45) is 0 Å². The SMILES string of the molecule is CNc1nsnc1Cc1ccnc2ccccc12. The first-order valence-electron chi connectivity index (χ1n) is 5.70. The number of nitrogens with one attached hydrogen (secondary N) is 1. The van der Waals surface area contributed by atoms with Gasteiger partial charge in [-0.15, -0.1) is 0 Å². The zero-order valence-corrected chi connectivity index (χ0v) is 10.7. The molecule has 1 N–H and O–H groups in total. The quantitative estimate of drug-likeness (QED) is 0.783. The van der Waals surface area contributed by atoms with Gasteiger partial charge < -0.3 is 5.32 Å². The topological polar surface area (TPSA) is 50.7 Å². The molecule has 0 spiro atoms. The number of nitrogens with zero attached hydrogens (tertiary/aromatic N) is 3. The number of fused-ring (bicyclic) bond motifs is 1. The zero-order valence-electron chi connectivity index (χ0n) is 9.92. The van der Waals surface area contributed by atoms with E-state index in [0.29, 0.717) is 0 Å². The molecule has 90 valence electrons. The minimum atomic E-state index is 0.774. The molecule has 0 saturated carbocycles. The van der Waals surface area contributed by atoms with E-state index in [1.807, 2.05) is 37.5 Å². The van der Waals surface area contributed by atoms with Crippen LogP contribution in [0.4, 0.5) is 5.82 Å². The lowest BCUT2D eigenvalue weighted by atomic mass is 10.0. The molecular formula is C13H12N4S. The summed E-state index contributed by atoms with van der Waals surface area (Å²) in [6, 6.07) is 10.2. The Morgan fingerprint density at radius 3 is 2.94 bits per heavy atom. The van der Waals surface area contributed by atoms with E-state index >= 15 is 0 Å².